The molecule has 1 fully saturated rings. The summed E-state index contributed by atoms with van der Waals surface area (Å²) in [6.45, 7) is 3.77. The van der Waals surface area contributed by atoms with Crippen molar-refractivity contribution in [3.63, 3.8) is 0 Å². The molecule has 0 radical (unpaired) electrons. The first kappa shape index (κ1) is 61.7. The van der Waals surface area contributed by atoms with Gasteiger partial charge in [0, 0.05) is 6.42 Å². The summed E-state index contributed by atoms with van der Waals surface area (Å²) in [5.74, 6) is -0.182. The summed E-state index contributed by atoms with van der Waals surface area (Å²) in [5.41, 5.74) is 0. The van der Waals surface area contributed by atoms with Gasteiger partial charge in [0.2, 0.25) is 5.91 Å². The minimum atomic E-state index is -1.57. The number of carbonyl (C=O) groups excluding carboxylic acids is 1. The highest BCUT2D eigenvalue weighted by molar-refractivity contribution is 5.76. The van der Waals surface area contributed by atoms with E-state index < -0.39 is 49.5 Å². The van der Waals surface area contributed by atoms with Crippen molar-refractivity contribution in [3.8, 4) is 0 Å². The smallest absolute Gasteiger partial charge is 0.220 e. The SMILES string of the molecule is CCCCCCCCC/C=C/CC/C=C/C(O)C(COC1OC(CO)C(O)C(O)C1O)NC(=O)CCCCCCCCCCCCCCCCCCCCCCCCCCCCCCC. The zero-order valence-corrected chi connectivity index (χ0v) is 42.5. The Balaban J connectivity index is 2.15. The first-order chi connectivity index (χ1) is 31.8. The van der Waals surface area contributed by atoms with Gasteiger partial charge in [0.15, 0.2) is 6.29 Å². The van der Waals surface area contributed by atoms with E-state index in [0.29, 0.717) is 6.42 Å². The maximum Gasteiger partial charge on any atom is 0.220 e. The maximum atomic E-state index is 13.0. The van der Waals surface area contributed by atoms with Crippen LogP contribution in [0.5, 0.6) is 0 Å². The Labute approximate surface area is 400 Å². The van der Waals surface area contributed by atoms with Crippen LogP contribution < -0.4 is 5.32 Å². The zero-order chi connectivity index (χ0) is 47.3. The van der Waals surface area contributed by atoms with E-state index in [2.05, 4.69) is 31.3 Å². The van der Waals surface area contributed by atoms with E-state index in [0.717, 1.165) is 38.5 Å². The molecule has 0 aromatic heterocycles. The van der Waals surface area contributed by atoms with Crippen LogP contribution in [-0.2, 0) is 14.3 Å². The van der Waals surface area contributed by atoms with Crippen molar-refractivity contribution in [1.82, 2.24) is 5.32 Å². The minimum Gasteiger partial charge on any atom is -0.394 e. The summed E-state index contributed by atoms with van der Waals surface area (Å²) in [6.07, 6.45) is 51.2. The second kappa shape index (κ2) is 46.4. The van der Waals surface area contributed by atoms with E-state index in [1.54, 1.807) is 6.08 Å². The number of amides is 1. The molecule has 1 rings (SSSR count). The molecule has 0 aromatic rings. The second-order valence-corrected chi connectivity index (χ2v) is 19.7. The Morgan fingerprint density at radius 2 is 0.877 bits per heavy atom. The van der Waals surface area contributed by atoms with Gasteiger partial charge in [0.25, 0.3) is 0 Å². The molecule has 7 unspecified atom stereocenters. The highest BCUT2D eigenvalue weighted by atomic mass is 16.7. The second-order valence-electron chi connectivity index (χ2n) is 19.7. The predicted octanol–water partition coefficient (Wildman–Crippen LogP) is 13.4. The number of rotatable bonds is 48. The van der Waals surface area contributed by atoms with Crippen molar-refractivity contribution in [1.29, 1.82) is 0 Å². The fraction of sp³-hybridized carbons (Fsp3) is 0.911. The van der Waals surface area contributed by atoms with E-state index >= 15 is 0 Å². The molecule has 1 aliphatic heterocycles. The molecule has 9 nitrogen and oxygen atoms in total. The number of hydrogen-bond acceptors (Lipinski definition) is 8. The molecule has 0 aromatic carbocycles. The van der Waals surface area contributed by atoms with Crippen LogP contribution in [0.4, 0.5) is 0 Å². The van der Waals surface area contributed by atoms with Gasteiger partial charge in [0.1, 0.15) is 24.4 Å². The lowest BCUT2D eigenvalue weighted by molar-refractivity contribution is -0.302. The summed E-state index contributed by atoms with van der Waals surface area (Å²) in [5, 5.41) is 54.3. The predicted molar refractivity (Wildman–Crippen MR) is 272 cm³/mol. The van der Waals surface area contributed by atoms with Crippen LogP contribution in [0.1, 0.15) is 271 Å². The minimum absolute atomic E-state index is 0.182. The fourth-order valence-corrected chi connectivity index (χ4v) is 9.06. The molecule has 6 N–H and O–H groups in total. The molecule has 0 spiro atoms. The summed E-state index contributed by atoms with van der Waals surface area (Å²) >= 11 is 0. The lowest BCUT2D eigenvalue weighted by Gasteiger charge is -2.40. The highest BCUT2D eigenvalue weighted by Crippen LogP contribution is 2.23. The molecule has 1 saturated heterocycles. The molecule has 65 heavy (non-hydrogen) atoms. The average Bonchev–Trinajstić information content (AvgIpc) is 3.31. The van der Waals surface area contributed by atoms with Crippen LogP contribution >= 0.6 is 0 Å². The maximum absolute atomic E-state index is 13.0. The molecule has 0 aliphatic carbocycles. The first-order valence-electron chi connectivity index (χ1n) is 28.1. The normalized spacial score (nSPS) is 20.0. The third kappa shape index (κ3) is 36.3. The number of hydrogen-bond donors (Lipinski definition) is 6. The average molecular weight is 922 g/mol. The van der Waals surface area contributed by atoms with Crippen molar-refractivity contribution in [2.45, 2.75) is 314 Å². The summed E-state index contributed by atoms with van der Waals surface area (Å²) < 4.78 is 11.2. The number of allylic oxidation sites excluding steroid dienone is 3. The van der Waals surface area contributed by atoms with E-state index in [9.17, 15) is 30.3 Å². The van der Waals surface area contributed by atoms with Crippen molar-refractivity contribution in [3.05, 3.63) is 24.3 Å². The van der Waals surface area contributed by atoms with Crippen molar-refractivity contribution in [2.24, 2.45) is 0 Å². The number of aliphatic hydroxyl groups is 5. The Morgan fingerprint density at radius 1 is 0.508 bits per heavy atom. The molecular weight excluding hydrogens is 815 g/mol. The van der Waals surface area contributed by atoms with Gasteiger partial charge in [0.05, 0.1) is 25.4 Å². The Morgan fingerprint density at radius 3 is 1.29 bits per heavy atom. The van der Waals surface area contributed by atoms with E-state index in [4.69, 9.17) is 9.47 Å². The number of aliphatic hydroxyl groups excluding tert-OH is 5. The van der Waals surface area contributed by atoms with Gasteiger partial charge in [-0.25, -0.2) is 0 Å². The number of unbranched alkanes of at least 4 members (excludes halogenated alkanes) is 36. The van der Waals surface area contributed by atoms with Gasteiger partial charge < -0.3 is 40.3 Å². The van der Waals surface area contributed by atoms with Gasteiger partial charge >= 0.3 is 0 Å². The van der Waals surface area contributed by atoms with Gasteiger partial charge in [-0.3, -0.25) is 4.79 Å². The summed E-state index contributed by atoms with van der Waals surface area (Å²) in [4.78, 5) is 13.0. The third-order valence-electron chi connectivity index (χ3n) is 13.5. The van der Waals surface area contributed by atoms with Gasteiger partial charge in [-0.2, -0.15) is 0 Å². The van der Waals surface area contributed by atoms with Crippen molar-refractivity contribution >= 4 is 5.91 Å². The standard InChI is InChI=1S/C56H107NO8/c1-3-5-7-9-11-13-15-17-18-19-20-21-22-23-24-25-26-27-28-29-30-31-32-34-36-38-40-42-44-46-52(60)57-49(48-64-56-55(63)54(62)53(61)51(47-58)65-56)50(59)45-43-41-39-37-35-33-16-14-12-10-8-6-4-2/h35,37,43,45,49-51,53-56,58-59,61-63H,3-34,36,38-42,44,46-48H2,1-2H3,(H,57,60)/b37-35+,45-43+. The summed E-state index contributed by atoms with van der Waals surface area (Å²) in [6, 6.07) is -0.817. The highest BCUT2D eigenvalue weighted by Gasteiger charge is 2.44. The molecule has 0 saturated carbocycles. The molecular formula is C56H107NO8. The number of nitrogens with one attached hydrogen (secondary N) is 1. The third-order valence-corrected chi connectivity index (χ3v) is 13.5. The molecule has 1 heterocycles. The molecule has 0 bridgehead atoms. The van der Waals surface area contributed by atoms with Crippen LogP contribution in [0.3, 0.4) is 0 Å². The van der Waals surface area contributed by atoms with Crippen LogP contribution in [0.25, 0.3) is 0 Å². The van der Waals surface area contributed by atoms with Crippen LogP contribution in [0.2, 0.25) is 0 Å². The van der Waals surface area contributed by atoms with E-state index in [1.807, 2.05) is 6.08 Å². The van der Waals surface area contributed by atoms with Crippen LogP contribution in [0, 0.1) is 0 Å². The van der Waals surface area contributed by atoms with Crippen molar-refractivity contribution < 1.29 is 39.8 Å². The number of carbonyl (C=O) groups is 1. The van der Waals surface area contributed by atoms with Crippen LogP contribution in [0.15, 0.2) is 24.3 Å². The fourth-order valence-electron chi connectivity index (χ4n) is 9.06. The zero-order valence-electron chi connectivity index (χ0n) is 42.5. The van der Waals surface area contributed by atoms with E-state index in [1.165, 1.54) is 212 Å². The Kier molecular flexibility index (Phi) is 44.0. The monoisotopic (exact) mass is 922 g/mol. The van der Waals surface area contributed by atoms with Crippen molar-refractivity contribution in [2.75, 3.05) is 13.2 Å². The lowest BCUT2D eigenvalue weighted by Crippen LogP contribution is -2.60. The molecule has 384 valence electrons. The molecule has 1 amide bonds. The number of ether oxygens (including phenoxy) is 2. The molecule has 9 heteroatoms. The topological polar surface area (TPSA) is 149 Å². The largest absolute Gasteiger partial charge is 0.394 e. The van der Waals surface area contributed by atoms with Gasteiger partial charge in [-0.1, -0.05) is 256 Å². The first-order valence-corrected chi connectivity index (χ1v) is 28.1. The molecule has 1 aliphatic rings. The quantitative estimate of drug-likeness (QED) is 0.0261. The Hall–Kier alpha value is -1.33. The lowest BCUT2D eigenvalue weighted by atomic mass is 9.99. The molecule has 7 atom stereocenters. The summed E-state index contributed by atoms with van der Waals surface area (Å²) in [7, 11) is 0. The Bertz CT molecular complexity index is 1070. The van der Waals surface area contributed by atoms with Gasteiger partial charge in [-0.05, 0) is 32.1 Å². The van der Waals surface area contributed by atoms with E-state index in [-0.39, 0.29) is 12.5 Å². The van der Waals surface area contributed by atoms with Crippen LogP contribution in [-0.4, -0.2) is 87.5 Å². The van der Waals surface area contributed by atoms with Gasteiger partial charge in [-0.15, -0.1) is 0 Å².